The highest BCUT2D eigenvalue weighted by molar-refractivity contribution is 7.89. The van der Waals surface area contributed by atoms with Crippen molar-refractivity contribution in [1.29, 1.82) is 0 Å². The van der Waals surface area contributed by atoms with Gasteiger partial charge in [0.2, 0.25) is 10.0 Å². The van der Waals surface area contributed by atoms with Crippen LogP contribution >= 0.6 is 0 Å². The molecule has 0 unspecified atom stereocenters. The Balaban J connectivity index is 1.62. The van der Waals surface area contributed by atoms with Gasteiger partial charge >= 0.3 is 0 Å². The smallest absolute Gasteiger partial charge is 0.259 e. The average molecular weight is 495 g/mol. The van der Waals surface area contributed by atoms with Crippen LogP contribution in [0.4, 0.5) is 5.69 Å². The number of para-hydroxylation sites is 2. The Morgan fingerprint density at radius 1 is 0.886 bits per heavy atom. The van der Waals surface area contributed by atoms with E-state index in [1.165, 1.54) is 16.4 Å². The predicted molar refractivity (Wildman–Crippen MR) is 131 cm³/mol. The van der Waals surface area contributed by atoms with Gasteiger partial charge in [-0.3, -0.25) is 4.79 Å². The summed E-state index contributed by atoms with van der Waals surface area (Å²) in [5.74, 6) is 1.38. The van der Waals surface area contributed by atoms with Crippen LogP contribution in [0, 0.1) is 0 Å². The number of carbonyl (C=O) groups is 1. The number of nitrogens with one attached hydrogen (secondary N) is 1. The number of nitrogens with zero attached hydrogens (tertiary/aromatic N) is 1. The van der Waals surface area contributed by atoms with Crippen molar-refractivity contribution in [3.63, 3.8) is 0 Å². The zero-order valence-electron chi connectivity index (χ0n) is 19.3. The number of methoxy groups -OCH3 is 1. The molecule has 5 rings (SSSR count). The van der Waals surface area contributed by atoms with Crippen molar-refractivity contribution in [2.75, 3.05) is 25.5 Å². The first-order chi connectivity index (χ1) is 17.0. The highest BCUT2D eigenvalue weighted by Crippen LogP contribution is 2.42. The van der Waals surface area contributed by atoms with E-state index in [0.717, 1.165) is 25.7 Å². The van der Waals surface area contributed by atoms with Crippen LogP contribution in [0.5, 0.6) is 28.7 Å². The molecule has 35 heavy (non-hydrogen) atoms. The first-order valence-corrected chi connectivity index (χ1v) is 13.0. The van der Waals surface area contributed by atoms with Crippen LogP contribution in [0.1, 0.15) is 36.0 Å². The van der Waals surface area contributed by atoms with Crippen molar-refractivity contribution in [3.8, 4) is 28.7 Å². The first-order valence-electron chi connectivity index (χ1n) is 11.5. The van der Waals surface area contributed by atoms with Crippen LogP contribution < -0.4 is 19.5 Å². The van der Waals surface area contributed by atoms with Gasteiger partial charge in [0, 0.05) is 19.2 Å². The Morgan fingerprint density at radius 3 is 2.29 bits per heavy atom. The molecule has 9 heteroatoms. The number of carbonyl (C=O) groups excluding carboxylic acids is 1. The van der Waals surface area contributed by atoms with Crippen molar-refractivity contribution in [3.05, 3.63) is 66.2 Å². The van der Waals surface area contributed by atoms with E-state index in [0.29, 0.717) is 36.0 Å². The fourth-order valence-corrected chi connectivity index (χ4v) is 5.88. The highest BCUT2D eigenvalue weighted by atomic mass is 32.2. The van der Waals surface area contributed by atoms with Crippen molar-refractivity contribution < 1.29 is 27.4 Å². The zero-order valence-corrected chi connectivity index (χ0v) is 20.1. The van der Waals surface area contributed by atoms with E-state index in [1.54, 1.807) is 55.6 Å². The fourth-order valence-electron chi connectivity index (χ4n) is 4.24. The SMILES string of the molecule is COc1ccc(Oc2cc3c(cc2S(=O)(=O)N2CCCCCC2)C(=O)Nc2ccccc2O3)cc1. The van der Waals surface area contributed by atoms with Crippen molar-refractivity contribution in [2.45, 2.75) is 30.6 Å². The third-order valence-electron chi connectivity index (χ3n) is 6.12. The number of fused-ring (bicyclic) bond motifs is 2. The van der Waals surface area contributed by atoms with Gasteiger partial charge in [0.05, 0.1) is 18.4 Å². The minimum Gasteiger partial charge on any atom is -0.497 e. The number of hydrogen-bond acceptors (Lipinski definition) is 6. The summed E-state index contributed by atoms with van der Waals surface area (Å²) < 4.78 is 46.4. The van der Waals surface area contributed by atoms with Crippen molar-refractivity contribution >= 4 is 21.6 Å². The molecule has 2 heterocycles. The maximum atomic E-state index is 13.8. The summed E-state index contributed by atoms with van der Waals surface area (Å²) in [5.41, 5.74) is 0.625. The van der Waals surface area contributed by atoms with Crippen LogP contribution in [0.15, 0.2) is 65.6 Å². The second-order valence-electron chi connectivity index (χ2n) is 8.44. The summed E-state index contributed by atoms with van der Waals surface area (Å²) in [4.78, 5) is 13.0. The quantitative estimate of drug-likeness (QED) is 0.510. The van der Waals surface area contributed by atoms with E-state index in [2.05, 4.69) is 5.32 Å². The zero-order chi connectivity index (χ0) is 24.4. The summed E-state index contributed by atoms with van der Waals surface area (Å²) >= 11 is 0. The molecule has 0 spiro atoms. The largest absolute Gasteiger partial charge is 0.497 e. The molecule has 8 nitrogen and oxygen atoms in total. The average Bonchev–Trinajstić information content (AvgIpc) is 3.22. The number of sulfonamides is 1. The third-order valence-corrected chi connectivity index (χ3v) is 8.04. The number of rotatable bonds is 5. The molecule has 2 aliphatic rings. The van der Waals surface area contributed by atoms with Crippen LogP contribution in [0.2, 0.25) is 0 Å². The third kappa shape index (κ3) is 4.69. The lowest BCUT2D eigenvalue weighted by atomic mass is 10.1. The molecular weight excluding hydrogens is 468 g/mol. The van der Waals surface area contributed by atoms with Gasteiger partial charge in [-0.15, -0.1) is 0 Å². The Morgan fingerprint density at radius 2 is 1.57 bits per heavy atom. The second kappa shape index (κ2) is 9.59. The molecule has 2 aliphatic heterocycles. The van der Waals surface area contributed by atoms with Gasteiger partial charge in [-0.2, -0.15) is 4.31 Å². The molecule has 182 valence electrons. The fraction of sp³-hybridized carbons (Fsp3) is 0.269. The molecule has 1 amide bonds. The summed E-state index contributed by atoms with van der Waals surface area (Å²) in [6.45, 7) is 0.852. The lowest BCUT2D eigenvalue weighted by molar-refractivity contribution is 0.102. The molecule has 0 saturated carbocycles. The lowest BCUT2D eigenvalue weighted by Crippen LogP contribution is -2.32. The number of hydrogen-bond donors (Lipinski definition) is 1. The number of ether oxygens (including phenoxy) is 3. The van der Waals surface area contributed by atoms with Crippen molar-refractivity contribution in [1.82, 2.24) is 4.31 Å². The number of benzene rings is 3. The Bertz CT molecular complexity index is 1350. The van der Waals surface area contributed by atoms with E-state index in [4.69, 9.17) is 14.2 Å². The number of amides is 1. The van der Waals surface area contributed by atoms with Gasteiger partial charge in [0.15, 0.2) is 11.5 Å². The molecular formula is C26H26N2O6S. The van der Waals surface area contributed by atoms with E-state index in [1.807, 2.05) is 0 Å². The molecule has 1 fully saturated rings. The maximum Gasteiger partial charge on any atom is 0.259 e. The van der Waals surface area contributed by atoms with Gasteiger partial charge < -0.3 is 19.5 Å². The standard InChI is InChI=1S/C26H26N2O6S/c1-32-18-10-12-19(13-11-18)33-24-17-23-20(26(29)27-21-8-4-5-9-22(21)34-23)16-25(24)35(30,31)28-14-6-2-3-7-15-28/h4-5,8-13,16-17H,2-3,6-7,14-15H2,1H3,(H,27,29). The molecule has 0 aromatic heterocycles. The molecule has 0 bridgehead atoms. The predicted octanol–water partition coefficient (Wildman–Crippen LogP) is 5.41. The first kappa shape index (κ1) is 23.2. The molecule has 1 saturated heterocycles. The van der Waals surface area contributed by atoms with Gasteiger partial charge in [-0.05, 0) is 55.3 Å². The molecule has 1 N–H and O–H groups in total. The molecule has 3 aromatic carbocycles. The van der Waals surface area contributed by atoms with Crippen LogP contribution in [0.3, 0.4) is 0 Å². The molecule has 0 radical (unpaired) electrons. The summed E-state index contributed by atoms with van der Waals surface area (Å²) in [7, 11) is -2.37. The van der Waals surface area contributed by atoms with Crippen LogP contribution in [-0.2, 0) is 10.0 Å². The van der Waals surface area contributed by atoms with E-state index < -0.39 is 15.9 Å². The normalized spacial score (nSPS) is 16.1. The Kier molecular flexibility index (Phi) is 6.36. The minimum atomic E-state index is -3.94. The topological polar surface area (TPSA) is 94.2 Å². The van der Waals surface area contributed by atoms with Gasteiger partial charge in [0.1, 0.15) is 22.1 Å². The Hall–Kier alpha value is -3.56. The molecule has 0 aliphatic carbocycles. The molecule has 3 aromatic rings. The second-order valence-corrected chi connectivity index (χ2v) is 10.3. The highest BCUT2D eigenvalue weighted by Gasteiger charge is 2.32. The van der Waals surface area contributed by atoms with E-state index >= 15 is 0 Å². The van der Waals surface area contributed by atoms with Gasteiger partial charge in [-0.25, -0.2) is 8.42 Å². The lowest BCUT2D eigenvalue weighted by Gasteiger charge is -2.22. The number of anilines is 1. The van der Waals surface area contributed by atoms with Gasteiger partial charge in [0.25, 0.3) is 5.91 Å². The maximum absolute atomic E-state index is 13.8. The monoisotopic (exact) mass is 494 g/mol. The Labute approximate surface area is 204 Å². The minimum absolute atomic E-state index is 0.0707. The molecule has 0 atom stereocenters. The van der Waals surface area contributed by atoms with E-state index in [9.17, 15) is 13.2 Å². The summed E-state index contributed by atoms with van der Waals surface area (Å²) in [5, 5.41) is 2.80. The van der Waals surface area contributed by atoms with Gasteiger partial charge in [-0.1, -0.05) is 25.0 Å². The van der Waals surface area contributed by atoms with Crippen LogP contribution in [-0.4, -0.2) is 38.8 Å². The summed E-state index contributed by atoms with van der Waals surface area (Å²) in [6.07, 6.45) is 3.55. The van der Waals surface area contributed by atoms with Crippen molar-refractivity contribution in [2.24, 2.45) is 0 Å². The summed E-state index contributed by atoms with van der Waals surface area (Å²) in [6, 6.07) is 16.7. The van der Waals surface area contributed by atoms with E-state index in [-0.39, 0.29) is 22.0 Å². The van der Waals surface area contributed by atoms with Crippen LogP contribution in [0.25, 0.3) is 0 Å².